The molecule has 1 aromatic carbocycles. The van der Waals surface area contributed by atoms with Gasteiger partial charge >= 0.3 is 0 Å². The van der Waals surface area contributed by atoms with Crippen LogP contribution in [0.2, 0.25) is 0 Å². The molecule has 3 nitrogen and oxygen atoms in total. The predicted octanol–water partition coefficient (Wildman–Crippen LogP) is 2.66. The summed E-state index contributed by atoms with van der Waals surface area (Å²) in [4.78, 5) is 13.2. The fourth-order valence-corrected chi connectivity index (χ4v) is 2.99. The van der Waals surface area contributed by atoms with Gasteiger partial charge in [-0.15, -0.1) is 0 Å². The molecule has 108 valence electrons. The smallest absolute Gasteiger partial charge is 0.219 e. The van der Waals surface area contributed by atoms with E-state index in [0.29, 0.717) is 6.04 Å². The van der Waals surface area contributed by atoms with Gasteiger partial charge in [0.15, 0.2) is 0 Å². The van der Waals surface area contributed by atoms with Crippen LogP contribution in [0.5, 0.6) is 0 Å². The number of nitrogens with one attached hydrogen (secondary N) is 1. The third-order valence-electron chi connectivity index (χ3n) is 4.56. The molecule has 1 saturated heterocycles. The predicted molar refractivity (Wildman–Crippen MR) is 80.5 cm³/mol. The topological polar surface area (TPSA) is 32.3 Å². The molecule has 0 radical (unpaired) electrons. The largest absolute Gasteiger partial charge is 0.343 e. The molecule has 1 N–H and O–H groups in total. The van der Waals surface area contributed by atoms with Crippen molar-refractivity contribution in [1.82, 2.24) is 10.2 Å². The number of benzene rings is 1. The quantitative estimate of drug-likeness (QED) is 0.914. The minimum Gasteiger partial charge on any atom is -0.343 e. The van der Waals surface area contributed by atoms with E-state index in [9.17, 15) is 4.79 Å². The number of nitrogens with zero attached hydrogens (tertiary/aromatic N) is 1. The molecule has 3 rings (SSSR count). The Morgan fingerprint density at radius 1 is 1.15 bits per heavy atom. The number of hydrogen-bond acceptors (Lipinski definition) is 2. The minimum absolute atomic E-state index is 0.208. The van der Waals surface area contributed by atoms with Crippen LogP contribution in [-0.4, -0.2) is 29.9 Å². The van der Waals surface area contributed by atoms with Crippen molar-refractivity contribution in [1.29, 1.82) is 0 Å². The van der Waals surface area contributed by atoms with E-state index in [2.05, 4.69) is 29.6 Å². The number of piperidine rings is 1. The normalized spacial score (nSPS) is 20.1. The number of hydrogen-bond donors (Lipinski definition) is 1. The number of amides is 1. The first kappa shape index (κ1) is 13.6. The molecule has 1 aliphatic heterocycles. The maximum atomic E-state index is 11.3. The average Bonchev–Trinajstić information content (AvgIpc) is 3.31. The lowest BCUT2D eigenvalue weighted by molar-refractivity contribution is -0.129. The van der Waals surface area contributed by atoms with Gasteiger partial charge in [0.05, 0.1) is 0 Å². The van der Waals surface area contributed by atoms with Crippen molar-refractivity contribution in [2.75, 3.05) is 13.1 Å². The highest BCUT2D eigenvalue weighted by molar-refractivity contribution is 5.73. The molecular weight excluding hydrogens is 248 g/mol. The molecule has 0 unspecified atom stereocenters. The summed E-state index contributed by atoms with van der Waals surface area (Å²) in [6.07, 6.45) is 4.87. The van der Waals surface area contributed by atoms with Crippen LogP contribution < -0.4 is 5.32 Å². The van der Waals surface area contributed by atoms with Crippen molar-refractivity contribution in [3.63, 3.8) is 0 Å². The Labute approximate surface area is 121 Å². The first-order valence-corrected chi connectivity index (χ1v) is 7.80. The summed E-state index contributed by atoms with van der Waals surface area (Å²) < 4.78 is 0. The van der Waals surface area contributed by atoms with Gasteiger partial charge in [-0.3, -0.25) is 4.79 Å². The van der Waals surface area contributed by atoms with E-state index in [4.69, 9.17) is 0 Å². The summed E-state index contributed by atoms with van der Waals surface area (Å²) in [5.74, 6) is 1.05. The Kier molecular flexibility index (Phi) is 4.06. The molecular formula is C17H24N2O. The average molecular weight is 272 g/mol. The Morgan fingerprint density at radius 2 is 1.80 bits per heavy atom. The van der Waals surface area contributed by atoms with Gasteiger partial charge in [0, 0.05) is 32.6 Å². The lowest BCUT2D eigenvalue weighted by Crippen LogP contribution is -2.43. The Morgan fingerprint density at radius 3 is 2.35 bits per heavy atom. The third-order valence-corrected chi connectivity index (χ3v) is 4.56. The van der Waals surface area contributed by atoms with E-state index < -0.39 is 0 Å². The van der Waals surface area contributed by atoms with Gasteiger partial charge in [-0.1, -0.05) is 24.3 Å². The fraction of sp³-hybridized carbons (Fsp3) is 0.588. The van der Waals surface area contributed by atoms with Crippen molar-refractivity contribution in [2.45, 2.75) is 51.1 Å². The van der Waals surface area contributed by atoms with Crippen LogP contribution in [0.1, 0.15) is 49.7 Å². The van der Waals surface area contributed by atoms with E-state index in [-0.39, 0.29) is 5.91 Å². The van der Waals surface area contributed by atoms with Crippen molar-refractivity contribution < 1.29 is 4.79 Å². The van der Waals surface area contributed by atoms with Crippen molar-refractivity contribution in [3.05, 3.63) is 35.4 Å². The van der Waals surface area contributed by atoms with E-state index in [0.717, 1.165) is 38.4 Å². The zero-order valence-corrected chi connectivity index (χ0v) is 12.3. The van der Waals surface area contributed by atoms with Crippen LogP contribution in [0, 0.1) is 0 Å². The van der Waals surface area contributed by atoms with Crippen LogP contribution in [-0.2, 0) is 11.3 Å². The van der Waals surface area contributed by atoms with Crippen LogP contribution in [0.4, 0.5) is 0 Å². The molecule has 0 atom stereocenters. The molecule has 2 fully saturated rings. The van der Waals surface area contributed by atoms with Crippen molar-refractivity contribution >= 4 is 5.91 Å². The molecule has 2 aliphatic rings. The van der Waals surface area contributed by atoms with Crippen molar-refractivity contribution in [3.8, 4) is 0 Å². The summed E-state index contributed by atoms with van der Waals surface area (Å²) in [6, 6.07) is 9.63. The van der Waals surface area contributed by atoms with E-state index >= 15 is 0 Å². The first-order chi connectivity index (χ1) is 9.72. The lowest BCUT2D eigenvalue weighted by atomic mass is 10.0. The van der Waals surface area contributed by atoms with Gasteiger partial charge in [0.1, 0.15) is 0 Å². The highest BCUT2D eigenvalue weighted by Gasteiger charge is 2.23. The molecule has 20 heavy (non-hydrogen) atoms. The maximum absolute atomic E-state index is 11.3. The second-order valence-corrected chi connectivity index (χ2v) is 6.18. The number of carbonyl (C=O) groups is 1. The SMILES string of the molecule is CC(=O)N1CCC(NCc2ccc(C3CC3)cc2)CC1. The Balaban J connectivity index is 1.44. The van der Waals surface area contributed by atoms with Crippen molar-refractivity contribution in [2.24, 2.45) is 0 Å². The molecule has 1 saturated carbocycles. The summed E-state index contributed by atoms with van der Waals surface area (Å²) in [5.41, 5.74) is 2.87. The van der Waals surface area contributed by atoms with E-state index in [1.165, 1.54) is 24.0 Å². The van der Waals surface area contributed by atoms with E-state index in [1.54, 1.807) is 6.92 Å². The standard InChI is InChI=1S/C17H24N2O/c1-13(20)19-10-8-17(9-11-19)18-12-14-2-4-15(5-3-14)16-6-7-16/h2-5,16-18H,6-12H2,1H3. The highest BCUT2D eigenvalue weighted by Crippen LogP contribution is 2.39. The second-order valence-electron chi connectivity index (χ2n) is 6.18. The Bertz CT molecular complexity index is 456. The minimum atomic E-state index is 0.208. The second kappa shape index (κ2) is 5.96. The molecule has 1 aliphatic carbocycles. The zero-order valence-electron chi connectivity index (χ0n) is 12.3. The van der Waals surface area contributed by atoms with Crippen LogP contribution in [0.15, 0.2) is 24.3 Å². The van der Waals surface area contributed by atoms with E-state index in [1.807, 2.05) is 4.90 Å². The molecule has 1 amide bonds. The monoisotopic (exact) mass is 272 g/mol. The van der Waals surface area contributed by atoms with Crippen LogP contribution in [0.25, 0.3) is 0 Å². The van der Waals surface area contributed by atoms with Gasteiger partial charge < -0.3 is 10.2 Å². The highest BCUT2D eigenvalue weighted by atomic mass is 16.2. The molecule has 1 aromatic rings. The molecule has 1 heterocycles. The molecule has 0 bridgehead atoms. The van der Waals surface area contributed by atoms with Crippen LogP contribution >= 0.6 is 0 Å². The number of likely N-dealkylation sites (tertiary alicyclic amines) is 1. The third kappa shape index (κ3) is 3.40. The molecule has 0 aromatic heterocycles. The molecule has 3 heteroatoms. The van der Waals surface area contributed by atoms with Gasteiger partial charge in [-0.25, -0.2) is 0 Å². The Hall–Kier alpha value is -1.35. The van der Waals surface area contributed by atoms with Gasteiger partial charge in [-0.2, -0.15) is 0 Å². The number of rotatable bonds is 4. The summed E-state index contributed by atoms with van der Waals surface area (Å²) in [6.45, 7) is 4.39. The summed E-state index contributed by atoms with van der Waals surface area (Å²) >= 11 is 0. The zero-order chi connectivity index (χ0) is 13.9. The maximum Gasteiger partial charge on any atom is 0.219 e. The van der Waals surface area contributed by atoms with Gasteiger partial charge in [-0.05, 0) is 42.7 Å². The first-order valence-electron chi connectivity index (χ1n) is 7.80. The number of carbonyl (C=O) groups excluding carboxylic acids is 1. The summed E-state index contributed by atoms with van der Waals surface area (Å²) in [7, 11) is 0. The van der Waals surface area contributed by atoms with Gasteiger partial charge in [0.25, 0.3) is 0 Å². The van der Waals surface area contributed by atoms with Crippen LogP contribution in [0.3, 0.4) is 0 Å². The molecule has 0 spiro atoms. The lowest BCUT2D eigenvalue weighted by Gasteiger charge is -2.31. The van der Waals surface area contributed by atoms with Gasteiger partial charge in [0.2, 0.25) is 5.91 Å². The summed E-state index contributed by atoms with van der Waals surface area (Å²) in [5, 5.41) is 3.62. The fourth-order valence-electron chi connectivity index (χ4n) is 2.99.